The Labute approximate surface area is 184 Å². The molecule has 0 aliphatic rings. The fraction of sp³-hybridized carbons (Fsp3) is 0.350. The highest BCUT2D eigenvalue weighted by Crippen LogP contribution is 2.38. The Kier molecular flexibility index (Phi) is 7.48. The first-order chi connectivity index (χ1) is 14.3. The van der Waals surface area contributed by atoms with Crippen LogP contribution in [-0.4, -0.2) is 33.7 Å². The predicted octanol–water partition coefficient (Wildman–Crippen LogP) is 4.40. The maximum atomic E-state index is 13.2. The molecule has 0 saturated heterocycles. The van der Waals surface area contributed by atoms with Gasteiger partial charge in [-0.3, -0.25) is 9.10 Å². The van der Waals surface area contributed by atoms with Crippen LogP contribution in [-0.2, 0) is 21.0 Å². The van der Waals surface area contributed by atoms with Gasteiger partial charge in [0.2, 0.25) is 15.9 Å². The molecule has 2 aromatic carbocycles. The summed E-state index contributed by atoms with van der Waals surface area (Å²) in [6.07, 6.45) is -3.98. The van der Waals surface area contributed by atoms with Gasteiger partial charge in [-0.05, 0) is 38.1 Å². The SMILES string of the molecule is COc1ccccc1C(C)NC(=O)C(C)N(c1ccc(Cl)c(C(F)(F)F)c1)S(C)(=O)=O. The van der Waals surface area contributed by atoms with Crippen LogP contribution in [0.15, 0.2) is 42.5 Å². The van der Waals surface area contributed by atoms with Gasteiger partial charge in [0.05, 0.1) is 35.7 Å². The number of ether oxygens (including phenoxy) is 1. The third kappa shape index (κ3) is 5.82. The van der Waals surface area contributed by atoms with Crippen molar-refractivity contribution >= 4 is 33.2 Å². The topological polar surface area (TPSA) is 75.7 Å². The van der Waals surface area contributed by atoms with Crippen LogP contribution < -0.4 is 14.4 Å². The molecule has 2 aromatic rings. The van der Waals surface area contributed by atoms with Gasteiger partial charge < -0.3 is 10.1 Å². The van der Waals surface area contributed by atoms with E-state index in [0.29, 0.717) is 21.7 Å². The Balaban J connectivity index is 2.38. The Morgan fingerprint density at radius 1 is 1.16 bits per heavy atom. The summed E-state index contributed by atoms with van der Waals surface area (Å²) in [6, 6.07) is 7.72. The molecule has 0 aliphatic heterocycles. The van der Waals surface area contributed by atoms with Crippen molar-refractivity contribution in [3.8, 4) is 5.75 Å². The van der Waals surface area contributed by atoms with E-state index in [1.165, 1.54) is 14.0 Å². The number of halogens is 4. The molecule has 31 heavy (non-hydrogen) atoms. The summed E-state index contributed by atoms with van der Waals surface area (Å²) >= 11 is 5.63. The Hall–Kier alpha value is -2.46. The lowest BCUT2D eigenvalue weighted by atomic mass is 10.1. The second-order valence-electron chi connectivity index (χ2n) is 6.87. The zero-order valence-electron chi connectivity index (χ0n) is 17.2. The minimum absolute atomic E-state index is 0.327. The van der Waals surface area contributed by atoms with E-state index in [1.54, 1.807) is 31.2 Å². The summed E-state index contributed by atoms with van der Waals surface area (Å²) in [5.41, 5.74) is -0.871. The van der Waals surface area contributed by atoms with Gasteiger partial charge in [-0.15, -0.1) is 0 Å². The number of nitrogens with one attached hydrogen (secondary N) is 1. The molecule has 2 rings (SSSR count). The van der Waals surface area contributed by atoms with Crippen LogP contribution in [0.3, 0.4) is 0 Å². The van der Waals surface area contributed by atoms with Crippen LogP contribution in [0.25, 0.3) is 0 Å². The standard InChI is InChI=1S/C20H22ClF3N2O4S/c1-12(15-7-5-6-8-18(15)30-3)25-19(27)13(2)26(31(4,28)29)14-9-10-17(21)16(11-14)20(22,23)24/h5-13H,1-4H3,(H,25,27). The van der Waals surface area contributed by atoms with Gasteiger partial charge in [-0.1, -0.05) is 29.8 Å². The first-order valence-electron chi connectivity index (χ1n) is 9.06. The molecule has 0 fully saturated rings. The van der Waals surface area contributed by atoms with Crippen LogP contribution in [0.4, 0.5) is 18.9 Å². The first-order valence-corrected chi connectivity index (χ1v) is 11.3. The zero-order chi connectivity index (χ0) is 23.6. The van der Waals surface area contributed by atoms with Gasteiger partial charge >= 0.3 is 6.18 Å². The lowest BCUT2D eigenvalue weighted by Crippen LogP contribution is -2.48. The molecule has 170 valence electrons. The molecular weight excluding hydrogens is 457 g/mol. The number of alkyl halides is 3. The third-order valence-corrected chi connectivity index (χ3v) is 6.13. The molecular formula is C20H22ClF3N2O4S. The summed E-state index contributed by atoms with van der Waals surface area (Å²) < 4.78 is 70.4. The van der Waals surface area contributed by atoms with Gasteiger partial charge in [-0.2, -0.15) is 13.2 Å². The second kappa shape index (κ2) is 9.35. The molecule has 1 N–H and O–H groups in total. The number of nitrogens with zero attached hydrogens (tertiary/aromatic N) is 1. The maximum absolute atomic E-state index is 13.2. The van der Waals surface area contributed by atoms with Crippen molar-refractivity contribution in [3.05, 3.63) is 58.6 Å². The van der Waals surface area contributed by atoms with Crippen LogP contribution in [0.2, 0.25) is 5.02 Å². The van der Waals surface area contributed by atoms with Crippen molar-refractivity contribution in [3.63, 3.8) is 0 Å². The van der Waals surface area contributed by atoms with E-state index in [0.717, 1.165) is 18.4 Å². The fourth-order valence-corrected chi connectivity index (χ4v) is 4.50. The minimum Gasteiger partial charge on any atom is -0.496 e. The summed E-state index contributed by atoms with van der Waals surface area (Å²) in [5.74, 6) is -0.178. The average Bonchev–Trinajstić information content (AvgIpc) is 2.67. The van der Waals surface area contributed by atoms with Crippen LogP contribution in [0, 0.1) is 0 Å². The molecule has 1 amide bonds. The Morgan fingerprint density at radius 2 is 1.77 bits per heavy atom. The lowest BCUT2D eigenvalue weighted by Gasteiger charge is -2.30. The molecule has 0 spiro atoms. The highest BCUT2D eigenvalue weighted by molar-refractivity contribution is 7.92. The number of sulfonamides is 1. The van der Waals surface area contributed by atoms with Crippen molar-refractivity contribution in [1.29, 1.82) is 0 Å². The molecule has 0 saturated carbocycles. The van der Waals surface area contributed by atoms with Crippen molar-refractivity contribution in [2.75, 3.05) is 17.7 Å². The number of carbonyl (C=O) groups is 1. The monoisotopic (exact) mass is 478 g/mol. The number of hydrogen-bond donors (Lipinski definition) is 1. The third-order valence-electron chi connectivity index (χ3n) is 4.56. The van der Waals surface area contributed by atoms with E-state index < -0.39 is 44.8 Å². The number of anilines is 1. The second-order valence-corrected chi connectivity index (χ2v) is 9.14. The van der Waals surface area contributed by atoms with Crippen LogP contribution in [0.1, 0.15) is 31.0 Å². The van der Waals surface area contributed by atoms with E-state index >= 15 is 0 Å². The fourth-order valence-electron chi connectivity index (χ4n) is 3.11. The summed E-state index contributed by atoms with van der Waals surface area (Å²) in [6.45, 7) is 2.96. The lowest BCUT2D eigenvalue weighted by molar-refractivity contribution is -0.137. The number of carbonyl (C=O) groups excluding carboxylic acids is 1. The quantitative estimate of drug-likeness (QED) is 0.640. The number of amides is 1. The normalized spacial score (nSPS) is 13.9. The van der Waals surface area contributed by atoms with Gasteiger partial charge in [0.1, 0.15) is 11.8 Å². The predicted molar refractivity (Wildman–Crippen MR) is 113 cm³/mol. The molecule has 11 heteroatoms. The first kappa shape index (κ1) is 24.8. The zero-order valence-corrected chi connectivity index (χ0v) is 18.8. The summed E-state index contributed by atoms with van der Waals surface area (Å²) in [7, 11) is -2.64. The molecule has 0 aromatic heterocycles. The molecule has 0 heterocycles. The van der Waals surface area contributed by atoms with Crippen LogP contribution >= 0.6 is 11.6 Å². The van der Waals surface area contributed by atoms with Crippen molar-refractivity contribution in [2.45, 2.75) is 32.1 Å². The summed E-state index contributed by atoms with van der Waals surface area (Å²) in [4.78, 5) is 12.8. The van der Waals surface area contributed by atoms with E-state index in [9.17, 15) is 26.4 Å². The Bertz CT molecular complexity index is 1060. The van der Waals surface area contributed by atoms with E-state index in [4.69, 9.17) is 16.3 Å². The van der Waals surface area contributed by atoms with Crippen molar-refractivity contribution < 1.29 is 31.1 Å². The molecule has 0 bridgehead atoms. The van der Waals surface area contributed by atoms with Gasteiger partial charge in [0.25, 0.3) is 0 Å². The van der Waals surface area contributed by atoms with Crippen molar-refractivity contribution in [1.82, 2.24) is 5.32 Å². The molecule has 2 atom stereocenters. The van der Waals surface area contributed by atoms with Gasteiger partial charge in [0, 0.05) is 5.56 Å². The highest BCUT2D eigenvalue weighted by atomic mass is 35.5. The smallest absolute Gasteiger partial charge is 0.417 e. The summed E-state index contributed by atoms with van der Waals surface area (Å²) in [5, 5.41) is 2.10. The number of methoxy groups -OCH3 is 1. The number of para-hydroxylation sites is 1. The van der Waals surface area contributed by atoms with E-state index in [-0.39, 0.29) is 5.69 Å². The molecule has 6 nitrogen and oxygen atoms in total. The van der Waals surface area contributed by atoms with Gasteiger partial charge in [0.15, 0.2) is 0 Å². The maximum Gasteiger partial charge on any atom is 0.417 e. The van der Waals surface area contributed by atoms with E-state index in [1.807, 2.05) is 0 Å². The number of benzene rings is 2. The molecule has 0 radical (unpaired) electrons. The Morgan fingerprint density at radius 3 is 2.32 bits per heavy atom. The van der Waals surface area contributed by atoms with Gasteiger partial charge in [-0.25, -0.2) is 8.42 Å². The minimum atomic E-state index is -4.79. The average molecular weight is 479 g/mol. The number of hydrogen-bond acceptors (Lipinski definition) is 4. The van der Waals surface area contributed by atoms with Crippen LogP contribution in [0.5, 0.6) is 5.75 Å². The highest BCUT2D eigenvalue weighted by Gasteiger charge is 2.36. The van der Waals surface area contributed by atoms with E-state index in [2.05, 4.69) is 5.32 Å². The molecule has 2 unspecified atom stereocenters. The number of rotatable bonds is 7. The van der Waals surface area contributed by atoms with Crippen molar-refractivity contribution in [2.24, 2.45) is 0 Å². The largest absolute Gasteiger partial charge is 0.496 e. The molecule has 0 aliphatic carbocycles.